The Bertz CT molecular complexity index is 526. The molecule has 0 unspecified atom stereocenters. The van der Waals surface area contributed by atoms with Gasteiger partial charge in [0.1, 0.15) is 0 Å². The first-order valence-electron chi connectivity index (χ1n) is 6.37. The van der Waals surface area contributed by atoms with Gasteiger partial charge >= 0.3 is 0 Å². The molecule has 1 atom stereocenters. The van der Waals surface area contributed by atoms with Crippen molar-refractivity contribution in [2.24, 2.45) is 5.92 Å². The number of fused-ring (bicyclic) bond motifs is 2. The molecule has 1 fully saturated rings. The molecule has 0 spiro atoms. The molecule has 2 bridgehead atoms. The van der Waals surface area contributed by atoms with Crippen molar-refractivity contribution in [1.82, 2.24) is 0 Å². The van der Waals surface area contributed by atoms with Gasteiger partial charge < -0.3 is 0 Å². The van der Waals surface area contributed by atoms with Crippen LogP contribution < -0.4 is 0 Å². The molecule has 0 aromatic carbocycles. The van der Waals surface area contributed by atoms with Gasteiger partial charge in [-0.3, -0.25) is 0 Å². The first-order chi connectivity index (χ1) is 8.25. The first-order valence-corrected chi connectivity index (χ1v) is 6.37. The monoisotopic (exact) mass is 222 g/mol. The number of hydrogen-bond acceptors (Lipinski definition) is 0. The summed E-state index contributed by atoms with van der Waals surface area (Å²) in [6, 6.07) is 0. The van der Waals surface area contributed by atoms with Gasteiger partial charge in [-0.1, -0.05) is 53.7 Å². The number of rotatable bonds is 1. The molecule has 1 saturated carbocycles. The van der Waals surface area contributed by atoms with Gasteiger partial charge in [0.15, 0.2) is 0 Å². The Labute approximate surface area is 103 Å². The summed E-state index contributed by atoms with van der Waals surface area (Å²) < 4.78 is 0. The average molecular weight is 222 g/mol. The fraction of sp³-hybridized carbons (Fsp3) is 0.294. The van der Waals surface area contributed by atoms with Crippen LogP contribution in [-0.4, -0.2) is 0 Å². The highest BCUT2D eigenvalue weighted by Crippen LogP contribution is 2.49. The van der Waals surface area contributed by atoms with E-state index in [0.29, 0.717) is 5.92 Å². The Balaban J connectivity index is 1.97. The molecular formula is C17H18. The zero-order chi connectivity index (χ0) is 11.8. The van der Waals surface area contributed by atoms with E-state index in [2.05, 4.69) is 56.4 Å². The lowest BCUT2D eigenvalue weighted by molar-refractivity contribution is 1.01. The van der Waals surface area contributed by atoms with Crippen LogP contribution in [0.25, 0.3) is 0 Å². The summed E-state index contributed by atoms with van der Waals surface area (Å²) in [5, 5.41) is 0. The van der Waals surface area contributed by atoms with E-state index >= 15 is 0 Å². The van der Waals surface area contributed by atoms with Gasteiger partial charge in [-0.2, -0.15) is 0 Å². The summed E-state index contributed by atoms with van der Waals surface area (Å²) in [7, 11) is 0. The summed E-state index contributed by atoms with van der Waals surface area (Å²) >= 11 is 0. The molecule has 86 valence electrons. The van der Waals surface area contributed by atoms with Crippen LogP contribution in [0.1, 0.15) is 26.7 Å². The molecule has 0 aromatic rings. The maximum atomic E-state index is 2.31. The summed E-state index contributed by atoms with van der Waals surface area (Å²) in [5.74, 6) is 0.696. The second kappa shape index (κ2) is 4.03. The molecule has 0 heteroatoms. The molecule has 17 heavy (non-hydrogen) atoms. The molecule has 0 N–H and O–H groups in total. The first kappa shape index (κ1) is 10.6. The molecule has 3 rings (SSSR count). The average Bonchev–Trinajstić information content (AvgIpc) is 3.10. The van der Waals surface area contributed by atoms with Crippen LogP contribution in [0.15, 0.2) is 70.4 Å². The Kier molecular flexibility index (Phi) is 2.51. The maximum absolute atomic E-state index is 2.31. The predicted molar refractivity (Wildman–Crippen MR) is 73.6 cm³/mol. The van der Waals surface area contributed by atoms with Crippen LogP contribution in [0, 0.1) is 5.92 Å². The van der Waals surface area contributed by atoms with Crippen LogP contribution in [0.3, 0.4) is 0 Å². The van der Waals surface area contributed by atoms with E-state index in [-0.39, 0.29) is 0 Å². The van der Waals surface area contributed by atoms with E-state index in [4.69, 9.17) is 0 Å². The highest BCUT2D eigenvalue weighted by atomic mass is 14.4. The van der Waals surface area contributed by atoms with Crippen LogP contribution in [-0.2, 0) is 0 Å². The highest BCUT2D eigenvalue weighted by Gasteiger charge is 2.35. The van der Waals surface area contributed by atoms with Gasteiger partial charge in [-0.05, 0) is 43.4 Å². The second-order valence-electron chi connectivity index (χ2n) is 5.26. The van der Waals surface area contributed by atoms with Gasteiger partial charge in [0, 0.05) is 5.92 Å². The minimum absolute atomic E-state index is 0.696. The van der Waals surface area contributed by atoms with Crippen molar-refractivity contribution in [3.8, 4) is 0 Å². The lowest BCUT2D eigenvalue weighted by Gasteiger charge is -2.08. The maximum Gasteiger partial charge on any atom is 0.00913 e. The topological polar surface area (TPSA) is 0 Å². The molecule has 0 aromatic heterocycles. The summed E-state index contributed by atoms with van der Waals surface area (Å²) in [6.07, 6.45) is 17.9. The van der Waals surface area contributed by atoms with E-state index in [1.807, 2.05) is 0 Å². The standard InChI is InChI=1S/C17H18/c1-12(2)16-11-17(16)15-9-5-7-13-6-3-4-8-14(15)10-13/h3-9,17H,10-11H2,1-2H3/t17-/m1/s1. The smallest absolute Gasteiger partial charge is 0.00913 e. The van der Waals surface area contributed by atoms with Gasteiger partial charge in [0.25, 0.3) is 0 Å². The van der Waals surface area contributed by atoms with Crippen molar-refractivity contribution >= 4 is 0 Å². The Hall–Kier alpha value is -1.56. The van der Waals surface area contributed by atoms with Crippen molar-refractivity contribution in [2.75, 3.05) is 0 Å². The SMILES string of the molecule is CC(C)=C1C[C@@H]1C1=CC=CC2=CC=CC=C1C2. The third-order valence-electron chi connectivity index (χ3n) is 3.77. The van der Waals surface area contributed by atoms with Crippen LogP contribution >= 0.6 is 0 Å². The Morgan fingerprint density at radius 2 is 1.88 bits per heavy atom. The van der Waals surface area contributed by atoms with Crippen molar-refractivity contribution < 1.29 is 0 Å². The van der Waals surface area contributed by atoms with E-state index < -0.39 is 0 Å². The van der Waals surface area contributed by atoms with E-state index in [1.54, 1.807) is 5.57 Å². The molecule has 0 heterocycles. The Morgan fingerprint density at radius 3 is 2.65 bits per heavy atom. The minimum atomic E-state index is 0.696. The van der Waals surface area contributed by atoms with Gasteiger partial charge in [-0.25, -0.2) is 0 Å². The minimum Gasteiger partial charge on any atom is -0.0766 e. The molecule has 0 amide bonds. The number of allylic oxidation sites excluding steroid dienone is 12. The lowest BCUT2D eigenvalue weighted by atomic mass is 9.96. The summed E-state index contributed by atoms with van der Waals surface area (Å²) in [6.45, 7) is 4.46. The van der Waals surface area contributed by atoms with Gasteiger partial charge in [0.05, 0.1) is 0 Å². The second-order valence-corrected chi connectivity index (χ2v) is 5.26. The van der Waals surface area contributed by atoms with Crippen LogP contribution in [0.4, 0.5) is 0 Å². The zero-order valence-corrected chi connectivity index (χ0v) is 10.5. The highest BCUT2D eigenvalue weighted by molar-refractivity contribution is 5.54. The van der Waals surface area contributed by atoms with Gasteiger partial charge in [0.2, 0.25) is 0 Å². The van der Waals surface area contributed by atoms with Crippen molar-refractivity contribution in [2.45, 2.75) is 26.7 Å². The Morgan fingerprint density at radius 1 is 1.06 bits per heavy atom. The molecule has 0 nitrogen and oxygen atoms in total. The molecule has 0 saturated heterocycles. The van der Waals surface area contributed by atoms with Crippen LogP contribution in [0.5, 0.6) is 0 Å². The summed E-state index contributed by atoms with van der Waals surface area (Å²) in [4.78, 5) is 0. The molecule has 0 radical (unpaired) electrons. The van der Waals surface area contributed by atoms with Crippen molar-refractivity contribution in [1.29, 1.82) is 0 Å². The quantitative estimate of drug-likeness (QED) is 0.566. The predicted octanol–water partition coefficient (Wildman–Crippen LogP) is 4.65. The fourth-order valence-corrected chi connectivity index (χ4v) is 2.73. The third kappa shape index (κ3) is 2.00. The van der Waals surface area contributed by atoms with E-state index in [9.17, 15) is 0 Å². The third-order valence-corrected chi connectivity index (χ3v) is 3.77. The number of hydrogen-bond donors (Lipinski definition) is 0. The van der Waals surface area contributed by atoms with E-state index in [0.717, 1.165) is 6.42 Å². The van der Waals surface area contributed by atoms with Crippen LogP contribution in [0.2, 0.25) is 0 Å². The largest absolute Gasteiger partial charge is 0.0766 e. The zero-order valence-electron chi connectivity index (χ0n) is 10.5. The molecular weight excluding hydrogens is 204 g/mol. The van der Waals surface area contributed by atoms with E-state index in [1.165, 1.54) is 28.7 Å². The fourth-order valence-electron chi connectivity index (χ4n) is 2.73. The van der Waals surface area contributed by atoms with Gasteiger partial charge in [-0.15, -0.1) is 0 Å². The normalized spacial score (nSPS) is 25.6. The lowest BCUT2D eigenvalue weighted by Crippen LogP contribution is -1.92. The summed E-state index contributed by atoms with van der Waals surface area (Å²) in [5.41, 5.74) is 7.59. The molecule has 3 aliphatic rings. The van der Waals surface area contributed by atoms with Crippen molar-refractivity contribution in [3.05, 3.63) is 70.4 Å². The molecule has 3 aliphatic carbocycles. The van der Waals surface area contributed by atoms with Crippen molar-refractivity contribution in [3.63, 3.8) is 0 Å². The molecule has 0 aliphatic heterocycles.